The fourth-order valence-corrected chi connectivity index (χ4v) is 7.46. The SMILES string of the molecule is C=CCOC(=O)C1=C(S[C@H]2C[C@@H](CCN(C(=O)OCC=C)c3ncc[nH]3)N(C(=O)OCC=C)C2)[C@H](C)[C@@H]2[C@@H]([C@@H](C)O)C(=O)N12. The number of likely N-dealkylation sites (tertiary alicyclic amines) is 1. The van der Waals surface area contributed by atoms with E-state index >= 15 is 0 Å². The quantitative estimate of drug-likeness (QED) is 0.136. The first-order chi connectivity index (χ1) is 21.1. The van der Waals surface area contributed by atoms with E-state index in [1.54, 1.807) is 18.0 Å². The molecule has 238 valence electrons. The third-order valence-corrected chi connectivity index (χ3v) is 9.33. The molecule has 2 saturated heterocycles. The Labute approximate surface area is 260 Å². The molecule has 6 atom stereocenters. The van der Waals surface area contributed by atoms with Gasteiger partial charge < -0.3 is 34.1 Å². The number of nitrogens with one attached hydrogen (secondary N) is 1. The van der Waals surface area contributed by atoms with E-state index in [9.17, 15) is 24.3 Å². The number of imidazole rings is 1. The molecular formula is C30H39N5O8S. The summed E-state index contributed by atoms with van der Waals surface area (Å²) in [6.45, 7) is 14.8. The van der Waals surface area contributed by atoms with Crippen LogP contribution in [0.4, 0.5) is 15.5 Å². The Kier molecular flexibility index (Phi) is 10.9. The fraction of sp³-hybridized carbons (Fsp3) is 0.500. The summed E-state index contributed by atoms with van der Waals surface area (Å²) in [4.78, 5) is 64.3. The molecular weight excluding hydrogens is 590 g/mol. The van der Waals surface area contributed by atoms with Crippen LogP contribution in [0, 0.1) is 11.8 Å². The highest BCUT2D eigenvalue weighted by atomic mass is 32.2. The number of nitrogens with zero attached hydrogens (tertiary/aromatic N) is 4. The minimum absolute atomic E-state index is 0.0168. The number of hydrogen-bond donors (Lipinski definition) is 2. The number of aromatic nitrogens is 2. The first-order valence-electron chi connectivity index (χ1n) is 14.4. The van der Waals surface area contributed by atoms with Gasteiger partial charge in [0, 0.05) is 47.6 Å². The average Bonchev–Trinajstić information content (AvgIpc) is 3.72. The molecule has 0 aliphatic carbocycles. The summed E-state index contributed by atoms with van der Waals surface area (Å²) in [5.74, 6) is -1.52. The summed E-state index contributed by atoms with van der Waals surface area (Å²) in [6, 6.07) is -0.697. The van der Waals surface area contributed by atoms with E-state index < -0.39 is 30.2 Å². The fourth-order valence-electron chi connectivity index (χ4n) is 5.90. The van der Waals surface area contributed by atoms with Crippen LogP contribution in [-0.2, 0) is 23.8 Å². The molecule has 2 fully saturated rings. The highest BCUT2D eigenvalue weighted by Gasteiger charge is 2.60. The number of anilines is 1. The smallest absolute Gasteiger partial charge is 0.416 e. The Bertz CT molecular complexity index is 1300. The van der Waals surface area contributed by atoms with Gasteiger partial charge in [-0.25, -0.2) is 24.3 Å². The number of fused-ring (bicyclic) bond motifs is 1. The van der Waals surface area contributed by atoms with Gasteiger partial charge in [0.05, 0.1) is 18.1 Å². The Hall–Kier alpha value is -4.04. The summed E-state index contributed by atoms with van der Waals surface area (Å²) in [5, 5.41) is 10.1. The van der Waals surface area contributed by atoms with E-state index in [1.807, 2.05) is 6.92 Å². The number of rotatable bonds is 14. The zero-order valence-corrected chi connectivity index (χ0v) is 25.7. The van der Waals surface area contributed by atoms with Crippen LogP contribution < -0.4 is 4.90 Å². The zero-order chi connectivity index (χ0) is 32.0. The topological polar surface area (TPSA) is 155 Å². The van der Waals surface area contributed by atoms with Crippen LogP contribution in [0.3, 0.4) is 0 Å². The number of carbonyl (C=O) groups is 4. The Balaban J connectivity index is 1.56. The number of H-pyrrole nitrogens is 1. The van der Waals surface area contributed by atoms with E-state index in [2.05, 4.69) is 29.7 Å². The monoisotopic (exact) mass is 629 g/mol. The zero-order valence-electron chi connectivity index (χ0n) is 24.9. The molecule has 0 spiro atoms. The molecule has 2 N–H and O–H groups in total. The normalized spacial score (nSPS) is 24.7. The number of thioether (sulfide) groups is 1. The number of esters is 1. The molecule has 44 heavy (non-hydrogen) atoms. The molecule has 0 saturated carbocycles. The highest BCUT2D eigenvalue weighted by molar-refractivity contribution is 8.03. The van der Waals surface area contributed by atoms with E-state index in [-0.39, 0.29) is 61.2 Å². The summed E-state index contributed by atoms with van der Waals surface area (Å²) >= 11 is 1.43. The second kappa shape index (κ2) is 14.6. The number of amides is 3. The predicted molar refractivity (Wildman–Crippen MR) is 163 cm³/mol. The van der Waals surface area contributed by atoms with Gasteiger partial charge in [-0.2, -0.15) is 0 Å². The van der Waals surface area contributed by atoms with Gasteiger partial charge in [0.25, 0.3) is 0 Å². The summed E-state index contributed by atoms with van der Waals surface area (Å²) in [7, 11) is 0. The van der Waals surface area contributed by atoms with Crippen LogP contribution in [0.25, 0.3) is 0 Å². The maximum Gasteiger partial charge on any atom is 0.416 e. The lowest BCUT2D eigenvalue weighted by molar-refractivity contribution is -0.164. The van der Waals surface area contributed by atoms with Gasteiger partial charge in [-0.15, -0.1) is 11.8 Å². The van der Waals surface area contributed by atoms with Crippen LogP contribution in [0.15, 0.2) is 61.0 Å². The lowest BCUT2D eigenvalue weighted by Gasteiger charge is -2.46. The van der Waals surface area contributed by atoms with Crippen molar-refractivity contribution in [2.24, 2.45) is 11.8 Å². The van der Waals surface area contributed by atoms with Crippen molar-refractivity contribution < 1.29 is 38.5 Å². The minimum Gasteiger partial charge on any atom is -0.457 e. The third-order valence-electron chi connectivity index (χ3n) is 7.83. The van der Waals surface area contributed by atoms with Crippen molar-refractivity contribution in [1.82, 2.24) is 19.8 Å². The number of aliphatic hydroxyl groups is 1. The van der Waals surface area contributed by atoms with Gasteiger partial charge in [0.1, 0.15) is 25.5 Å². The molecule has 0 aromatic carbocycles. The van der Waals surface area contributed by atoms with Crippen LogP contribution in [-0.4, -0.2) is 105 Å². The molecule has 3 aliphatic rings. The van der Waals surface area contributed by atoms with Crippen LogP contribution in [0.2, 0.25) is 0 Å². The van der Waals surface area contributed by atoms with E-state index in [0.29, 0.717) is 30.2 Å². The maximum atomic E-state index is 13.2. The van der Waals surface area contributed by atoms with E-state index in [4.69, 9.17) is 14.2 Å². The van der Waals surface area contributed by atoms with Gasteiger partial charge in [-0.05, 0) is 19.8 Å². The molecule has 1 aromatic rings. The standard InChI is InChI=1S/C30H39N5O8S/c1-6-13-41-27(38)24-25(18(4)23-22(19(5)36)26(37)35(23)24)44-21-16-20(34(17-21)30(40)43-15-8-3)9-12-33(28-31-10-11-32-28)29(39)42-14-7-2/h6-8,10-11,18-23,36H,1-3,9,12-17H2,4-5H3,(H,31,32)/t18-,19-,20-,21+,22-,23-/m1/s1. The second-order valence-electron chi connectivity index (χ2n) is 10.7. The average molecular weight is 630 g/mol. The number of hydrogen-bond acceptors (Lipinski definition) is 10. The van der Waals surface area contributed by atoms with Crippen molar-refractivity contribution in [2.75, 3.05) is 37.8 Å². The number of aliphatic hydroxyl groups excluding tert-OH is 1. The van der Waals surface area contributed by atoms with Crippen molar-refractivity contribution in [1.29, 1.82) is 0 Å². The third kappa shape index (κ3) is 6.70. The van der Waals surface area contributed by atoms with E-state index in [1.165, 1.54) is 46.0 Å². The second-order valence-corrected chi connectivity index (χ2v) is 12.1. The highest BCUT2D eigenvalue weighted by Crippen LogP contribution is 2.52. The molecule has 3 amide bonds. The van der Waals surface area contributed by atoms with Gasteiger partial charge in [0.15, 0.2) is 0 Å². The first-order valence-corrected chi connectivity index (χ1v) is 15.3. The largest absolute Gasteiger partial charge is 0.457 e. The van der Waals surface area contributed by atoms with Gasteiger partial charge in [-0.3, -0.25) is 4.79 Å². The van der Waals surface area contributed by atoms with Gasteiger partial charge >= 0.3 is 18.2 Å². The summed E-state index contributed by atoms with van der Waals surface area (Å²) in [5.41, 5.74) is 0.175. The lowest BCUT2D eigenvalue weighted by Crippen LogP contribution is -2.63. The predicted octanol–water partition coefficient (Wildman–Crippen LogP) is 3.23. The van der Waals surface area contributed by atoms with Gasteiger partial charge in [-0.1, -0.05) is 44.9 Å². The van der Waals surface area contributed by atoms with Crippen molar-refractivity contribution in [3.05, 3.63) is 61.0 Å². The molecule has 0 unspecified atom stereocenters. The van der Waals surface area contributed by atoms with Crippen LogP contribution >= 0.6 is 11.8 Å². The molecule has 13 nitrogen and oxygen atoms in total. The number of carbonyl (C=O) groups excluding carboxylic acids is 4. The molecule has 0 bridgehead atoms. The van der Waals surface area contributed by atoms with Crippen molar-refractivity contribution in [3.63, 3.8) is 0 Å². The molecule has 0 radical (unpaired) electrons. The summed E-state index contributed by atoms with van der Waals surface area (Å²) < 4.78 is 16.0. The Morgan fingerprint density at radius 3 is 2.50 bits per heavy atom. The Morgan fingerprint density at radius 2 is 1.86 bits per heavy atom. The summed E-state index contributed by atoms with van der Waals surface area (Å²) in [6.07, 6.45) is 6.40. The maximum absolute atomic E-state index is 13.2. The van der Waals surface area contributed by atoms with Crippen molar-refractivity contribution in [2.45, 2.75) is 50.1 Å². The lowest BCUT2D eigenvalue weighted by atomic mass is 9.79. The Morgan fingerprint density at radius 1 is 1.18 bits per heavy atom. The van der Waals surface area contributed by atoms with Crippen molar-refractivity contribution >= 4 is 41.8 Å². The molecule has 4 rings (SSSR count). The number of ether oxygens (including phenoxy) is 3. The number of β-lactam (4-membered cyclic amide) rings is 1. The molecule has 14 heteroatoms. The minimum atomic E-state index is -0.873. The molecule has 4 heterocycles. The van der Waals surface area contributed by atoms with Crippen molar-refractivity contribution in [3.8, 4) is 0 Å². The molecule has 1 aromatic heterocycles. The number of aromatic amines is 1. The van der Waals surface area contributed by atoms with Gasteiger partial charge in [0.2, 0.25) is 11.9 Å². The van der Waals surface area contributed by atoms with Crippen LogP contribution in [0.5, 0.6) is 0 Å². The molecule has 3 aliphatic heterocycles. The first kappa shape index (κ1) is 32.9. The van der Waals surface area contributed by atoms with Crippen LogP contribution in [0.1, 0.15) is 26.7 Å². The van der Waals surface area contributed by atoms with E-state index in [0.717, 1.165) is 0 Å².